The van der Waals surface area contributed by atoms with Crippen LogP contribution in [0.15, 0.2) is 0 Å². The maximum atomic E-state index is 15.5. The van der Waals surface area contributed by atoms with Gasteiger partial charge in [-0.2, -0.15) is 4.98 Å². The topological polar surface area (TPSA) is 102 Å². The molecule has 1 aromatic rings. The Morgan fingerprint density at radius 3 is 2.71 bits per heavy atom. The molecule has 11 heteroatoms. The van der Waals surface area contributed by atoms with Gasteiger partial charge in [-0.25, -0.2) is 14.4 Å². The number of hydrogen-bond donors (Lipinski definition) is 2. The van der Waals surface area contributed by atoms with Crippen LogP contribution >= 0.6 is 11.6 Å². The van der Waals surface area contributed by atoms with E-state index < -0.39 is 11.7 Å². The minimum absolute atomic E-state index is 0.0347. The maximum absolute atomic E-state index is 15.5. The van der Waals surface area contributed by atoms with Crippen molar-refractivity contribution in [3.63, 3.8) is 0 Å². The van der Waals surface area contributed by atoms with E-state index in [1.165, 1.54) is 19.3 Å². The number of carbonyl (C=O) groups excluding carboxylic acids is 2. The normalized spacial score (nSPS) is 22.4. The number of fused-ring (bicyclic) bond motifs is 1. The molecule has 2 aliphatic heterocycles. The molecule has 1 aromatic heterocycles. The zero-order valence-electron chi connectivity index (χ0n) is 20.2. The van der Waals surface area contributed by atoms with Crippen LogP contribution in [0.1, 0.15) is 63.5 Å². The minimum atomic E-state index is -0.587. The fourth-order valence-electron chi connectivity index (χ4n) is 5.80. The SMILES string of the molecule is O=CN(O)C[C@@H](CC1CCCC1)C(=O)NCc1nc(Cl)nc(N2CCN3CCCCCC3C2)c1F. The van der Waals surface area contributed by atoms with Crippen molar-refractivity contribution in [2.75, 3.05) is 37.6 Å². The van der Waals surface area contributed by atoms with E-state index in [-0.39, 0.29) is 35.8 Å². The number of piperazine rings is 1. The summed E-state index contributed by atoms with van der Waals surface area (Å²) in [6, 6.07) is 0.373. The van der Waals surface area contributed by atoms with Crippen molar-refractivity contribution in [1.29, 1.82) is 0 Å². The van der Waals surface area contributed by atoms with Crippen LogP contribution in [-0.2, 0) is 16.1 Å². The van der Waals surface area contributed by atoms with Gasteiger partial charge in [-0.15, -0.1) is 0 Å². The van der Waals surface area contributed by atoms with Crippen LogP contribution in [0.5, 0.6) is 0 Å². The van der Waals surface area contributed by atoms with Crippen LogP contribution in [-0.4, -0.2) is 76.2 Å². The molecule has 194 valence electrons. The second-order valence-corrected chi connectivity index (χ2v) is 10.4. The number of nitrogens with zero attached hydrogens (tertiary/aromatic N) is 5. The fourth-order valence-corrected chi connectivity index (χ4v) is 5.98. The minimum Gasteiger partial charge on any atom is -0.351 e. The summed E-state index contributed by atoms with van der Waals surface area (Å²) in [5, 5.41) is 12.9. The van der Waals surface area contributed by atoms with E-state index in [2.05, 4.69) is 20.2 Å². The Balaban J connectivity index is 1.43. The van der Waals surface area contributed by atoms with Gasteiger partial charge in [0.2, 0.25) is 17.6 Å². The molecule has 9 nitrogen and oxygen atoms in total. The first-order chi connectivity index (χ1) is 16.9. The molecule has 0 spiro atoms. The lowest BCUT2D eigenvalue weighted by Gasteiger charge is -2.41. The van der Waals surface area contributed by atoms with Gasteiger partial charge in [-0.1, -0.05) is 38.5 Å². The highest BCUT2D eigenvalue weighted by molar-refractivity contribution is 6.28. The third-order valence-electron chi connectivity index (χ3n) is 7.68. The number of nitrogens with one attached hydrogen (secondary N) is 1. The average molecular weight is 511 g/mol. The largest absolute Gasteiger partial charge is 0.351 e. The Kier molecular flexibility index (Phi) is 9.13. The van der Waals surface area contributed by atoms with Crippen molar-refractivity contribution >= 4 is 29.7 Å². The number of hydroxylamine groups is 2. The highest BCUT2D eigenvalue weighted by atomic mass is 35.5. The summed E-state index contributed by atoms with van der Waals surface area (Å²) in [6.07, 6.45) is 9.87. The lowest BCUT2D eigenvalue weighted by Crippen LogP contribution is -2.53. The molecule has 1 aliphatic carbocycles. The van der Waals surface area contributed by atoms with E-state index in [1.54, 1.807) is 0 Å². The second-order valence-electron chi connectivity index (χ2n) is 10.1. The number of halogens is 2. The molecule has 2 amide bonds. The predicted octanol–water partition coefficient (Wildman–Crippen LogP) is 2.99. The summed E-state index contributed by atoms with van der Waals surface area (Å²) in [4.78, 5) is 36.5. The number of anilines is 1. The molecule has 0 bridgehead atoms. The molecule has 2 N–H and O–H groups in total. The summed E-state index contributed by atoms with van der Waals surface area (Å²) in [5.74, 6) is -0.939. The number of carbonyl (C=O) groups is 2. The summed E-state index contributed by atoms with van der Waals surface area (Å²) in [6.45, 7) is 3.05. The van der Waals surface area contributed by atoms with Gasteiger partial charge in [0.25, 0.3) is 0 Å². The molecule has 1 saturated carbocycles. The fraction of sp³-hybridized carbons (Fsp3) is 0.750. The number of rotatable bonds is 9. The zero-order chi connectivity index (χ0) is 24.8. The van der Waals surface area contributed by atoms with Crippen LogP contribution in [0.4, 0.5) is 10.2 Å². The van der Waals surface area contributed by atoms with E-state index >= 15 is 4.39 Å². The van der Waals surface area contributed by atoms with Crippen LogP contribution in [0.3, 0.4) is 0 Å². The molecular formula is C24H36ClFN6O3. The van der Waals surface area contributed by atoms with Crippen molar-refractivity contribution in [3.05, 3.63) is 16.8 Å². The van der Waals surface area contributed by atoms with Gasteiger partial charge in [0.1, 0.15) is 5.69 Å². The van der Waals surface area contributed by atoms with Crippen molar-refractivity contribution < 1.29 is 19.2 Å². The Labute approximate surface area is 211 Å². The number of hydrogen-bond acceptors (Lipinski definition) is 7. The molecule has 3 heterocycles. The third kappa shape index (κ3) is 6.80. The maximum Gasteiger partial charge on any atom is 0.233 e. The van der Waals surface area contributed by atoms with E-state index in [0.29, 0.717) is 42.9 Å². The molecule has 3 aliphatic rings. The lowest BCUT2D eigenvalue weighted by molar-refractivity contribution is -0.155. The Bertz CT molecular complexity index is 887. The average Bonchev–Trinajstić information content (AvgIpc) is 3.26. The molecular weight excluding hydrogens is 475 g/mol. The van der Waals surface area contributed by atoms with Gasteiger partial charge in [0.15, 0.2) is 11.6 Å². The van der Waals surface area contributed by atoms with Gasteiger partial charge < -0.3 is 10.2 Å². The Hall–Kier alpha value is -2.04. The summed E-state index contributed by atoms with van der Waals surface area (Å²) in [7, 11) is 0. The van der Waals surface area contributed by atoms with Crippen LogP contribution < -0.4 is 10.2 Å². The van der Waals surface area contributed by atoms with Gasteiger partial charge in [0, 0.05) is 25.7 Å². The van der Waals surface area contributed by atoms with Crippen molar-refractivity contribution in [3.8, 4) is 0 Å². The Morgan fingerprint density at radius 1 is 1.17 bits per heavy atom. The molecule has 0 aromatic carbocycles. The molecule has 0 radical (unpaired) electrons. The van der Waals surface area contributed by atoms with Crippen molar-refractivity contribution in [2.24, 2.45) is 11.8 Å². The first-order valence-electron chi connectivity index (χ1n) is 12.8. The van der Waals surface area contributed by atoms with E-state index in [9.17, 15) is 14.8 Å². The highest BCUT2D eigenvalue weighted by Crippen LogP contribution is 2.31. The van der Waals surface area contributed by atoms with Crippen molar-refractivity contribution in [2.45, 2.75) is 70.4 Å². The summed E-state index contributed by atoms with van der Waals surface area (Å²) >= 11 is 6.17. The first-order valence-corrected chi connectivity index (χ1v) is 13.2. The van der Waals surface area contributed by atoms with Crippen LogP contribution in [0, 0.1) is 17.7 Å². The quantitative estimate of drug-likeness (QED) is 0.228. The smallest absolute Gasteiger partial charge is 0.233 e. The van der Waals surface area contributed by atoms with Crippen LogP contribution in [0.2, 0.25) is 5.28 Å². The number of amides is 2. The molecule has 2 atom stereocenters. The van der Waals surface area contributed by atoms with Gasteiger partial charge in [-0.3, -0.25) is 19.7 Å². The second kappa shape index (κ2) is 12.3. The van der Waals surface area contributed by atoms with Crippen LogP contribution in [0.25, 0.3) is 0 Å². The third-order valence-corrected chi connectivity index (χ3v) is 7.85. The van der Waals surface area contributed by atoms with Gasteiger partial charge in [-0.05, 0) is 43.3 Å². The van der Waals surface area contributed by atoms with Crippen molar-refractivity contribution in [1.82, 2.24) is 25.2 Å². The molecule has 1 unspecified atom stereocenters. The molecule has 35 heavy (non-hydrogen) atoms. The number of aromatic nitrogens is 2. The van der Waals surface area contributed by atoms with Gasteiger partial charge in [0.05, 0.1) is 19.0 Å². The summed E-state index contributed by atoms with van der Waals surface area (Å²) in [5.41, 5.74) is 0.0347. The molecule has 4 rings (SSSR count). The lowest BCUT2D eigenvalue weighted by atomic mass is 9.92. The zero-order valence-corrected chi connectivity index (χ0v) is 20.9. The van der Waals surface area contributed by atoms with E-state index in [4.69, 9.17) is 11.6 Å². The Morgan fingerprint density at radius 2 is 1.94 bits per heavy atom. The standard InChI is InChI=1S/C24H36ClFN6O3/c25-24-28-20(13-27-23(34)18(14-32(35)16-33)12-17-6-3-4-7-17)21(26)22(29-24)31-11-10-30-9-5-1-2-8-19(30)15-31/h16-19,35H,1-15H2,(H,27,34)/t18-,19?/m1/s1. The first kappa shape index (κ1) is 26.0. The molecule has 2 saturated heterocycles. The van der Waals surface area contributed by atoms with Gasteiger partial charge >= 0.3 is 0 Å². The monoisotopic (exact) mass is 510 g/mol. The van der Waals surface area contributed by atoms with E-state index in [1.807, 2.05) is 4.90 Å². The molecule has 3 fully saturated rings. The van der Waals surface area contributed by atoms with E-state index in [0.717, 1.165) is 45.2 Å². The predicted molar refractivity (Wildman–Crippen MR) is 130 cm³/mol. The highest BCUT2D eigenvalue weighted by Gasteiger charge is 2.31. The summed E-state index contributed by atoms with van der Waals surface area (Å²) < 4.78 is 15.5.